The number of rotatable bonds is 1. The van der Waals surface area contributed by atoms with Crippen molar-refractivity contribution < 1.29 is 9.90 Å². The summed E-state index contributed by atoms with van der Waals surface area (Å²) in [6, 6.07) is 0.256. The minimum Gasteiger partial charge on any atom is -0.481 e. The maximum atomic E-state index is 11.1. The van der Waals surface area contributed by atoms with Crippen molar-refractivity contribution >= 4 is 5.97 Å². The van der Waals surface area contributed by atoms with Crippen molar-refractivity contribution in [2.45, 2.75) is 38.6 Å². The van der Waals surface area contributed by atoms with E-state index in [1.807, 2.05) is 6.92 Å². The zero-order chi connectivity index (χ0) is 9.64. The van der Waals surface area contributed by atoms with Crippen LogP contribution in [0.4, 0.5) is 0 Å². The summed E-state index contributed by atoms with van der Waals surface area (Å²) in [5.74, 6) is 0.130. The molecule has 0 amide bonds. The quantitative estimate of drug-likeness (QED) is 0.642. The average Bonchev–Trinajstić information content (AvgIpc) is 2.07. The molecule has 3 heteroatoms. The van der Waals surface area contributed by atoms with E-state index in [-0.39, 0.29) is 6.04 Å². The number of carboxylic acids is 1. The van der Waals surface area contributed by atoms with Gasteiger partial charge in [-0.1, -0.05) is 0 Å². The number of fused-ring (bicyclic) bond motifs is 3. The van der Waals surface area contributed by atoms with Gasteiger partial charge in [0.2, 0.25) is 0 Å². The van der Waals surface area contributed by atoms with Crippen LogP contribution in [0.25, 0.3) is 0 Å². The van der Waals surface area contributed by atoms with E-state index in [0.717, 1.165) is 25.7 Å². The van der Waals surface area contributed by atoms with Crippen molar-refractivity contribution in [1.82, 2.24) is 0 Å². The van der Waals surface area contributed by atoms with Crippen LogP contribution in [0.2, 0.25) is 0 Å². The van der Waals surface area contributed by atoms with Crippen molar-refractivity contribution in [2.24, 2.45) is 23.0 Å². The normalized spacial score (nSPS) is 49.2. The Morgan fingerprint density at radius 2 is 2.23 bits per heavy atom. The highest BCUT2D eigenvalue weighted by molar-refractivity contribution is 5.75. The van der Waals surface area contributed by atoms with Crippen LogP contribution in [-0.2, 0) is 4.79 Å². The summed E-state index contributed by atoms with van der Waals surface area (Å²) < 4.78 is 0. The van der Waals surface area contributed by atoms with Crippen LogP contribution in [-0.4, -0.2) is 17.1 Å². The van der Waals surface area contributed by atoms with Crippen molar-refractivity contribution in [3.63, 3.8) is 0 Å². The summed E-state index contributed by atoms with van der Waals surface area (Å²) in [6.45, 7) is 1.89. The maximum Gasteiger partial charge on any atom is 0.309 e. The van der Waals surface area contributed by atoms with E-state index in [4.69, 9.17) is 10.8 Å². The largest absolute Gasteiger partial charge is 0.481 e. The Labute approximate surface area is 78.3 Å². The number of aliphatic carboxylic acids is 1. The SMILES string of the molecule is C[C@]1(C(=O)O)C[C@@H]2CC[C@H]1C[C@@H]2N. The third-order valence-corrected chi connectivity index (χ3v) is 4.12. The summed E-state index contributed by atoms with van der Waals surface area (Å²) in [5, 5.41) is 9.17. The van der Waals surface area contributed by atoms with Gasteiger partial charge in [-0.25, -0.2) is 0 Å². The molecule has 0 radical (unpaired) electrons. The van der Waals surface area contributed by atoms with Gasteiger partial charge < -0.3 is 10.8 Å². The third-order valence-electron chi connectivity index (χ3n) is 4.12. The summed E-state index contributed by atoms with van der Waals surface area (Å²) >= 11 is 0. The monoisotopic (exact) mass is 183 g/mol. The molecule has 3 fully saturated rings. The van der Waals surface area contributed by atoms with Crippen LogP contribution in [0.15, 0.2) is 0 Å². The lowest BCUT2D eigenvalue weighted by Crippen LogP contribution is -2.53. The van der Waals surface area contributed by atoms with Gasteiger partial charge in [0.15, 0.2) is 0 Å². The summed E-state index contributed by atoms with van der Waals surface area (Å²) in [4.78, 5) is 11.1. The fourth-order valence-corrected chi connectivity index (χ4v) is 3.07. The van der Waals surface area contributed by atoms with Crippen LogP contribution in [0.5, 0.6) is 0 Å². The number of carboxylic acid groups (broad SMARTS) is 1. The molecule has 3 N–H and O–H groups in total. The van der Waals surface area contributed by atoms with Gasteiger partial charge in [0.05, 0.1) is 5.41 Å². The van der Waals surface area contributed by atoms with Gasteiger partial charge in [0.1, 0.15) is 0 Å². The van der Waals surface area contributed by atoms with Crippen molar-refractivity contribution in [1.29, 1.82) is 0 Å². The molecule has 0 unspecified atom stereocenters. The maximum absolute atomic E-state index is 11.1. The minimum atomic E-state index is -0.630. The van der Waals surface area contributed by atoms with E-state index in [1.165, 1.54) is 0 Å². The topological polar surface area (TPSA) is 63.3 Å². The van der Waals surface area contributed by atoms with Crippen LogP contribution < -0.4 is 5.73 Å². The Morgan fingerprint density at radius 3 is 2.62 bits per heavy atom. The molecule has 3 nitrogen and oxygen atoms in total. The first-order valence-electron chi connectivity index (χ1n) is 5.03. The summed E-state index contributed by atoms with van der Waals surface area (Å²) in [5.41, 5.74) is 5.46. The smallest absolute Gasteiger partial charge is 0.309 e. The van der Waals surface area contributed by atoms with Gasteiger partial charge in [-0.15, -0.1) is 0 Å². The highest BCUT2D eigenvalue weighted by Gasteiger charge is 2.51. The molecule has 0 spiro atoms. The van der Waals surface area contributed by atoms with Gasteiger partial charge in [-0.2, -0.15) is 0 Å². The minimum absolute atomic E-state index is 0.256. The fourth-order valence-electron chi connectivity index (χ4n) is 3.07. The Balaban J connectivity index is 2.23. The second kappa shape index (κ2) is 2.71. The molecule has 3 aliphatic carbocycles. The molecule has 0 aliphatic heterocycles. The predicted molar refractivity (Wildman–Crippen MR) is 49.2 cm³/mol. The molecule has 0 aromatic heterocycles. The first-order valence-corrected chi connectivity index (χ1v) is 5.03. The van der Waals surface area contributed by atoms with Crippen LogP contribution >= 0.6 is 0 Å². The Bertz CT molecular complexity index is 241. The lowest BCUT2D eigenvalue weighted by Gasteiger charge is -2.50. The lowest BCUT2D eigenvalue weighted by molar-refractivity contribution is -0.159. The molecule has 0 heterocycles. The highest BCUT2D eigenvalue weighted by Crippen LogP contribution is 2.51. The second-order valence-corrected chi connectivity index (χ2v) is 4.86. The zero-order valence-electron chi connectivity index (χ0n) is 7.99. The van der Waals surface area contributed by atoms with Crippen LogP contribution in [0.3, 0.4) is 0 Å². The fraction of sp³-hybridized carbons (Fsp3) is 0.900. The highest BCUT2D eigenvalue weighted by atomic mass is 16.4. The van der Waals surface area contributed by atoms with Gasteiger partial charge in [0.25, 0.3) is 0 Å². The molecule has 13 heavy (non-hydrogen) atoms. The van der Waals surface area contributed by atoms with E-state index < -0.39 is 11.4 Å². The van der Waals surface area contributed by atoms with E-state index >= 15 is 0 Å². The van der Waals surface area contributed by atoms with Gasteiger partial charge in [0, 0.05) is 6.04 Å². The number of hydrogen-bond donors (Lipinski definition) is 2. The summed E-state index contributed by atoms with van der Waals surface area (Å²) in [7, 11) is 0. The predicted octanol–water partition coefficient (Wildman–Crippen LogP) is 1.22. The first-order chi connectivity index (χ1) is 6.04. The molecule has 74 valence electrons. The Morgan fingerprint density at radius 1 is 1.54 bits per heavy atom. The standard InChI is InChI=1S/C10H17NO2/c1-10(9(12)13)5-6-2-3-7(10)4-8(6)11/h6-8H,2-5,11H2,1H3,(H,12,13)/t6-,7-,8-,10-/m0/s1. The number of carbonyl (C=O) groups is 1. The van der Waals surface area contributed by atoms with Gasteiger partial charge in [-0.05, 0) is 44.4 Å². The number of nitrogens with two attached hydrogens (primary N) is 1. The Hall–Kier alpha value is -0.570. The van der Waals surface area contributed by atoms with E-state index in [0.29, 0.717) is 11.8 Å². The molecular weight excluding hydrogens is 166 g/mol. The molecular formula is C10H17NO2. The van der Waals surface area contributed by atoms with Gasteiger partial charge >= 0.3 is 5.97 Å². The van der Waals surface area contributed by atoms with E-state index in [2.05, 4.69) is 0 Å². The van der Waals surface area contributed by atoms with Crippen molar-refractivity contribution in [2.75, 3.05) is 0 Å². The van der Waals surface area contributed by atoms with Crippen molar-refractivity contribution in [3.05, 3.63) is 0 Å². The molecule has 0 aromatic carbocycles. The van der Waals surface area contributed by atoms with E-state index in [9.17, 15) is 4.79 Å². The van der Waals surface area contributed by atoms with Crippen molar-refractivity contribution in [3.8, 4) is 0 Å². The zero-order valence-corrected chi connectivity index (χ0v) is 7.99. The number of hydrogen-bond acceptors (Lipinski definition) is 2. The second-order valence-electron chi connectivity index (χ2n) is 4.86. The average molecular weight is 183 g/mol. The van der Waals surface area contributed by atoms with Crippen LogP contribution in [0.1, 0.15) is 32.6 Å². The van der Waals surface area contributed by atoms with E-state index in [1.54, 1.807) is 0 Å². The van der Waals surface area contributed by atoms with Gasteiger partial charge in [-0.3, -0.25) is 4.79 Å². The van der Waals surface area contributed by atoms with Crippen LogP contribution in [0, 0.1) is 17.3 Å². The summed E-state index contributed by atoms with van der Waals surface area (Å²) in [6.07, 6.45) is 3.89. The molecule has 3 aliphatic rings. The molecule has 3 saturated carbocycles. The molecule has 2 bridgehead atoms. The third kappa shape index (κ3) is 1.17. The Kier molecular flexibility index (Phi) is 1.88. The molecule has 4 atom stereocenters. The molecule has 0 saturated heterocycles. The molecule has 0 aromatic rings. The lowest BCUT2D eigenvalue weighted by atomic mass is 9.55. The first kappa shape index (κ1) is 9.00. The molecule has 3 rings (SSSR count).